The van der Waals surface area contributed by atoms with E-state index in [1.807, 2.05) is 0 Å². The maximum Gasteiger partial charge on any atom is 0.313 e. The van der Waals surface area contributed by atoms with Gasteiger partial charge in [-0.3, -0.25) is 15.5 Å². The van der Waals surface area contributed by atoms with Crippen molar-refractivity contribution in [2.45, 2.75) is 6.92 Å². The van der Waals surface area contributed by atoms with Gasteiger partial charge in [-0.1, -0.05) is 15.9 Å². The van der Waals surface area contributed by atoms with Gasteiger partial charge in [-0.2, -0.15) is 4.98 Å². The van der Waals surface area contributed by atoms with Crippen LogP contribution in [0.15, 0.2) is 28.9 Å². The molecular weight excluding hydrogens is 330 g/mol. The Kier molecular flexibility index (Phi) is 4.11. The number of aromatic nitrogens is 2. The number of benzene rings is 1. The quantitative estimate of drug-likeness (QED) is 0.499. The van der Waals surface area contributed by atoms with Crippen LogP contribution in [0.5, 0.6) is 11.6 Å². The summed E-state index contributed by atoms with van der Waals surface area (Å²) in [6, 6.07) is 4.56. The fourth-order valence-electron chi connectivity index (χ4n) is 1.55. The maximum absolute atomic E-state index is 11.1. The highest BCUT2D eigenvalue weighted by molar-refractivity contribution is 9.10. The predicted octanol–water partition coefficient (Wildman–Crippen LogP) is 2.53. The molecule has 1 aromatic heterocycles. The van der Waals surface area contributed by atoms with Crippen molar-refractivity contribution in [1.29, 1.82) is 0 Å². The number of nitro benzene ring substituents is 1. The number of nitrogens with one attached hydrogen (secondary N) is 1. The Labute approximate surface area is 122 Å². The molecule has 0 saturated carbocycles. The van der Waals surface area contributed by atoms with Crippen molar-refractivity contribution in [3.8, 4) is 11.6 Å². The largest absolute Gasteiger partial charge is 0.431 e. The molecule has 8 nitrogen and oxygen atoms in total. The van der Waals surface area contributed by atoms with Gasteiger partial charge in [0.15, 0.2) is 0 Å². The highest BCUT2D eigenvalue weighted by Crippen LogP contribution is 2.36. The molecule has 3 N–H and O–H groups in total. The second-order valence-electron chi connectivity index (χ2n) is 3.79. The molecule has 0 spiro atoms. The Hall–Kier alpha value is -2.26. The zero-order chi connectivity index (χ0) is 14.7. The molecule has 0 amide bonds. The molecule has 1 heterocycles. The number of rotatable bonds is 4. The third kappa shape index (κ3) is 3.00. The molecule has 1 aromatic carbocycles. The number of nitrogens with two attached hydrogens (primary N) is 1. The predicted molar refractivity (Wildman–Crippen MR) is 75.4 cm³/mol. The van der Waals surface area contributed by atoms with E-state index in [-0.39, 0.29) is 23.3 Å². The first-order chi connectivity index (χ1) is 9.51. The number of ether oxygens (including phenoxy) is 1. The lowest BCUT2D eigenvalue weighted by atomic mass is 10.2. The van der Waals surface area contributed by atoms with Crippen LogP contribution in [-0.2, 0) is 0 Å². The molecular formula is C11H10BrN5O3. The van der Waals surface area contributed by atoms with E-state index >= 15 is 0 Å². The first-order valence-corrected chi connectivity index (χ1v) is 6.22. The Bertz CT molecular complexity index is 665. The maximum atomic E-state index is 11.1. The van der Waals surface area contributed by atoms with E-state index in [2.05, 4.69) is 31.3 Å². The number of hydrazine groups is 1. The Morgan fingerprint density at radius 1 is 1.50 bits per heavy atom. The van der Waals surface area contributed by atoms with Gasteiger partial charge in [0.2, 0.25) is 17.6 Å². The summed E-state index contributed by atoms with van der Waals surface area (Å²) < 4.78 is 6.09. The molecule has 0 aliphatic carbocycles. The van der Waals surface area contributed by atoms with Gasteiger partial charge < -0.3 is 4.74 Å². The van der Waals surface area contributed by atoms with Crippen molar-refractivity contribution in [2.75, 3.05) is 5.43 Å². The van der Waals surface area contributed by atoms with Gasteiger partial charge in [-0.15, -0.1) is 0 Å². The summed E-state index contributed by atoms with van der Waals surface area (Å²) in [6.07, 6.45) is 1.43. The van der Waals surface area contributed by atoms with Gasteiger partial charge in [0.25, 0.3) is 0 Å². The second-order valence-corrected chi connectivity index (χ2v) is 4.71. The molecule has 0 unspecified atom stereocenters. The van der Waals surface area contributed by atoms with E-state index in [1.165, 1.54) is 18.3 Å². The van der Waals surface area contributed by atoms with Crippen LogP contribution >= 0.6 is 15.9 Å². The van der Waals surface area contributed by atoms with Gasteiger partial charge >= 0.3 is 5.69 Å². The van der Waals surface area contributed by atoms with Crippen LogP contribution < -0.4 is 16.0 Å². The normalized spacial score (nSPS) is 10.2. The number of aryl methyl sites for hydroxylation is 1. The zero-order valence-corrected chi connectivity index (χ0v) is 11.9. The third-order valence-electron chi connectivity index (χ3n) is 2.38. The minimum Gasteiger partial charge on any atom is -0.431 e. The number of hydrogen-bond acceptors (Lipinski definition) is 7. The van der Waals surface area contributed by atoms with Crippen LogP contribution in [0.3, 0.4) is 0 Å². The summed E-state index contributed by atoms with van der Waals surface area (Å²) in [6.45, 7) is 1.70. The van der Waals surface area contributed by atoms with Crippen LogP contribution in [0, 0.1) is 17.0 Å². The fraction of sp³-hybridized carbons (Fsp3) is 0.0909. The third-order valence-corrected chi connectivity index (χ3v) is 2.84. The first-order valence-electron chi connectivity index (χ1n) is 5.43. The van der Waals surface area contributed by atoms with E-state index in [0.717, 1.165) is 0 Å². The first kappa shape index (κ1) is 14.2. The Balaban J connectivity index is 2.44. The number of anilines is 1. The van der Waals surface area contributed by atoms with E-state index in [9.17, 15) is 10.1 Å². The van der Waals surface area contributed by atoms with Crippen molar-refractivity contribution >= 4 is 27.6 Å². The van der Waals surface area contributed by atoms with Crippen molar-refractivity contribution < 1.29 is 9.66 Å². The van der Waals surface area contributed by atoms with E-state index in [1.54, 1.807) is 13.0 Å². The lowest BCUT2D eigenvalue weighted by molar-refractivity contribution is -0.385. The summed E-state index contributed by atoms with van der Waals surface area (Å²) in [5.74, 6) is 5.63. The topological polar surface area (TPSA) is 116 Å². The Morgan fingerprint density at radius 3 is 2.90 bits per heavy atom. The smallest absolute Gasteiger partial charge is 0.313 e. The van der Waals surface area contributed by atoms with E-state index < -0.39 is 4.92 Å². The minimum atomic E-state index is -0.517. The molecule has 0 fully saturated rings. The van der Waals surface area contributed by atoms with Crippen LogP contribution in [0.25, 0.3) is 0 Å². The molecule has 0 aliphatic rings. The number of nitrogens with zero attached hydrogens (tertiary/aromatic N) is 3. The lowest BCUT2D eigenvalue weighted by Gasteiger charge is -2.09. The van der Waals surface area contributed by atoms with Crippen LogP contribution in [0.2, 0.25) is 0 Å². The molecule has 0 radical (unpaired) electrons. The average Bonchev–Trinajstić information content (AvgIpc) is 2.41. The molecule has 104 valence electrons. The average molecular weight is 340 g/mol. The minimum absolute atomic E-state index is 0.125. The van der Waals surface area contributed by atoms with E-state index in [4.69, 9.17) is 10.6 Å². The van der Waals surface area contributed by atoms with Crippen molar-refractivity contribution in [3.63, 3.8) is 0 Å². The molecule has 0 atom stereocenters. The number of halogens is 1. The highest BCUT2D eigenvalue weighted by Gasteiger charge is 2.20. The SMILES string of the molecule is Cc1cc(Br)cc([N+](=O)[O-])c1Oc1ccnc(NN)n1. The summed E-state index contributed by atoms with van der Waals surface area (Å²) in [5.41, 5.74) is 2.72. The van der Waals surface area contributed by atoms with Gasteiger partial charge in [0.1, 0.15) is 0 Å². The molecule has 20 heavy (non-hydrogen) atoms. The van der Waals surface area contributed by atoms with Crippen molar-refractivity contribution in [2.24, 2.45) is 5.84 Å². The molecule has 2 rings (SSSR count). The standard InChI is InChI=1S/C11H10BrN5O3/c1-6-4-7(12)5-8(17(18)19)10(6)20-9-2-3-14-11(15-9)16-13/h2-5H,13H2,1H3,(H,14,15,16). The number of hydrogen-bond donors (Lipinski definition) is 2. The van der Waals surface area contributed by atoms with Crippen molar-refractivity contribution in [1.82, 2.24) is 9.97 Å². The lowest BCUT2D eigenvalue weighted by Crippen LogP contribution is -2.10. The Morgan fingerprint density at radius 2 is 2.25 bits per heavy atom. The van der Waals surface area contributed by atoms with Crippen LogP contribution in [0.4, 0.5) is 11.6 Å². The highest BCUT2D eigenvalue weighted by atomic mass is 79.9. The monoisotopic (exact) mass is 339 g/mol. The van der Waals surface area contributed by atoms with Crippen molar-refractivity contribution in [3.05, 3.63) is 44.5 Å². The summed E-state index contributed by atoms with van der Waals surface area (Å²) in [4.78, 5) is 18.3. The number of nitrogen functional groups attached to an aromatic ring is 1. The summed E-state index contributed by atoms with van der Waals surface area (Å²) in [7, 11) is 0. The molecule has 2 aromatic rings. The molecule has 0 aliphatic heterocycles. The number of nitro groups is 1. The zero-order valence-electron chi connectivity index (χ0n) is 10.3. The van der Waals surface area contributed by atoms with E-state index in [0.29, 0.717) is 10.0 Å². The summed E-state index contributed by atoms with van der Waals surface area (Å²) >= 11 is 3.21. The van der Waals surface area contributed by atoms with Gasteiger partial charge in [-0.25, -0.2) is 10.8 Å². The van der Waals surface area contributed by atoms with Gasteiger partial charge in [0.05, 0.1) is 4.92 Å². The summed E-state index contributed by atoms with van der Waals surface area (Å²) in [5, 5.41) is 11.1. The van der Waals surface area contributed by atoms with Crippen LogP contribution in [0.1, 0.15) is 5.56 Å². The molecule has 9 heteroatoms. The molecule has 0 saturated heterocycles. The van der Waals surface area contributed by atoms with Gasteiger partial charge in [0, 0.05) is 28.4 Å². The second kappa shape index (κ2) is 5.80. The fourth-order valence-corrected chi connectivity index (χ4v) is 2.11. The molecule has 0 bridgehead atoms. The van der Waals surface area contributed by atoms with Crippen LogP contribution in [-0.4, -0.2) is 14.9 Å². The van der Waals surface area contributed by atoms with Gasteiger partial charge in [-0.05, 0) is 13.0 Å².